The molecule has 0 aliphatic carbocycles. The van der Waals surface area contributed by atoms with E-state index in [1.54, 1.807) is 6.21 Å². The summed E-state index contributed by atoms with van der Waals surface area (Å²) in [6, 6.07) is 22.1. The second kappa shape index (κ2) is 7.67. The summed E-state index contributed by atoms with van der Waals surface area (Å²) < 4.78 is 5.85. The third-order valence-corrected chi connectivity index (χ3v) is 4.02. The zero-order valence-corrected chi connectivity index (χ0v) is 14.8. The van der Waals surface area contributed by atoms with Crippen LogP contribution < -0.4 is 10.2 Å². The van der Waals surface area contributed by atoms with E-state index in [-0.39, 0.29) is 0 Å². The molecule has 3 nitrogen and oxygen atoms in total. The molecular formula is C22H22N2O. The summed E-state index contributed by atoms with van der Waals surface area (Å²) in [5, 5.41) is 4.29. The summed E-state index contributed by atoms with van der Waals surface area (Å²) in [6.07, 6.45) is 1.80. The minimum atomic E-state index is 0.810. The molecule has 0 aliphatic heterocycles. The lowest BCUT2D eigenvalue weighted by atomic mass is 10.1. The average Bonchev–Trinajstić information content (AvgIpc) is 2.60. The van der Waals surface area contributed by atoms with Crippen LogP contribution in [0.4, 0.5) is 5.69 Å². The molecule has 0 amide bonds. The van der Waals surface area contributed by atoms with Crippen molar-refractivity contribution >= 4 is 11.9 Å². The van der Waals surface area contributed by atoms with E-state index in [9.17, 15) is 0 Å². The molecule has 3 aromatic carbocycles. The van der Waals surface area contributed by atoms with E-state index in [1.807, 2.05) is 48.5 Å². The Hall–Kier alpha value is -3.07. The number of hydrogen-bond donors (Lipinski definition) is 1. The van der Waals surface area contributed by atoms with Crippen molar-refractivity contribution in [3.63, 3.8) is 0 Å². The minimum Gasteiger partial charge on any atom is -0.457 e. The fourth-order valence-corrected chi connectivity index (χ4v) is 2.43. The van der Waals surface area contributed by atoms with Gasteiger partial charge in [-0.25, -0.2) is 0 Å². The van der Waals surface area contributed by atoms with E-state index >= 15 is 0 Å². The Bertz CT molecular complexity index is 883. The predicted molar refractivity (Wildman–Crippen MR) is 105 cm³/mol. The summed E-state index contributed by atoms with van der Waals surface area (Å²) in [5.74, 6) is 1.66. The molecule has 0 radical (unpaired) electrons. The van der Waals surface area contributed by atoms with Crippen LogP contribution in [0.3, 0.4) is 0 Å². The van der Waals surface area contributed by atoms with Gasteiger partial charge in [0.05, 0.1) is 11.9 Å². The standard InChI is InChI=1S/C22H22N2O/c1-16-5-4-6-22(13-16)25-21-11-8-19(9-12-21)15-23-24-20-10-7-17(2)18(3)14-20/h4-15,24H,1-3H3. The van der Waals surface area contributed by atoms with E-state index in [0.717, 1.165) is 22.7 Å². The van der Waals surface area contributed by atoms with Crippen LogP contribution in [0.1, 0.15) is 22.3 Å². The van der Waals surface area contributed by atoms with Crippen LogP contribution in [0.15, 0.2) is 71.8 Å². The van der Waals surface area contributed by atoms with Crippen molar-refractivity contribution in [1.82, 2.24) is 0 Å². The third kappa shape index (κ3) is 4.70. The summed E-state index contributed by atoms with van der Waals surface area (Å²) in [6.45, 7) is 6.24. The van der Waals surface area contributed by atoms with Gasteiger partial charge in [-0.1, -0.05) is 18.2 Å². The van der Waals surface area contributed by atoms with Crippen LogP contribution >= 0.6 is 0 Å². The molecule has 0 aliphatic rings. The minimum absolute atomic E-state index is 0.810. The molecule has 3 heteroatoms. The molecule has 0 saturated carbocycles. The van der Waals surface area contributed by atoms with Crippen molar-refractivity contribution in [3.05, 3.63) is 89.0 Å². The maximum atomic E-state index is 5.85. The van der Waals surface area contributed by atoms with Crippen molar-refractivity contribution < 1.29 is 4.74 Å². The monoisotopic (exact) mass is 330 g/mol. The highest BCUT2D eigenvalue weighted by Crippen LogP contribution is 2.22. The normalized spacial score (nSPS) is 10.8. The van der Waals surface area contributed by atoms with Crippen LogP contribution in [0.25, 0.3) is 0 Å². The number of ether oxygens (including phenoxy) is 1. The number of anilines is 1. The largest absolute Gasteiger partial charge is 0.457 e. The van der Waals surface area contributed by atoms with E-state index in [2.05, 4.69) is 49.5 Å². The van der Waals surface area contributed by atoms with Gasteiger partial charge in [0.2, 0.25) is 0 Å². The quantitative estimate of drug-likeness (QED) is 0.470. The molecule has 3 rings (SSSR count). The SMILES string of the molecule is Cc1cccc(Oc2ccc(C=NNc3ccc(C)c(C)c3)cc2)c1. The predicted octanol–water partition coefficient (Wildman–Crippen LogP) is 5.85. The smallest absolute Gasteiger partial charge is 0.127 e. The van der Waals surface area contributed by atoms with Crippen molar-refractivity contribution in [2.24, 2.45) is 5.10 Å². The molecule has 0 saturated heterocycles. The van der Waals surface area contributed by atoms with Crippen LogP contribution in [-0.4, -0.2) is 6.21 Å². The van der Waals surface area contributed by atoms with E-state index < -0.39 is 0 Å². The van der Waals surface area contributed by atoms with Crippen LogP contribution in [0.2, 0.25) is 0 Å². The summed E-state index contributed by atoms with van der Waals surface area (Å²) >= 11 is 0. The molecule has 0 unspecified atom stereocenters. The summed E-state index contributed by atoms with van der Waals surface area (Å²) in [4.78, 5) is 0. The van der Waals surface area contributed by atoms with Gasteiger partial charge in [-0.2, -0.15) is 5.10 Å². The summed E-state index contributed by atoms with van der Waals surface area (Å²) in [7, 11) is 0. The fourth-order valence-electron chi connectivity index (χ4n) is 2.43. The maximum Gasteiger partial charge on any atom is 0.127 e. The first-order valence-corrected chi connectivity index (χ1v) is 8.31. The van der Waals surface area contributed by atoms with Crippen molar-refractivity contribution in [1.29, 1.82) is 0 Å². The van der Waals surface area contributed by atoms with Gasteiger partial charge < -0.3 is 4.74 Å². The maximum absolute atomic E-state index is 5.85. The highest BCUT2D eigenvalue weighted by molar-refractivity contribution is 5.80. The lowest BCUT2D eigenvalue weighted by molar-refractivity contribution is 0.482. The zero-order chi connectivity index (χ0) is 17.6. The van der Waals surface area contributed by atoms with Gasteiger partial charge in [0.1, 0.15) is 11.5 Å². The molecule has 0 heterocycles. The molecule has 0 atom stereocenters. The lowest BCUT2D eigenvalue weighted by Crippen LogP contribution is -1.92. The highest BCUT2D eigenvalue weighted by atomic mass is 16.5. The number of nitrogens with zero attached hydrogens (tertiary/aromatic N) is 1. The summed E-state index contributed by atoms with van der Waals surface area (Å²) in [5.41, 5.74) is 8.76. The molecule has 0 fully saturated rings. The first-order chi connectivity index (χ1) is 12.1. The Balaban J connectivity index is 1.61. The number of rotatable bonds is 5. The average molecular weight is 330 g/mol. The third-order valence-electron chi connectivity index (χ3n) is 4.02. The number of hydrazone groups is 1. The number of hydrogen-bond acceptors (Lipinski definition) is 3. The van der Waals surface area contributed by atoms with Crippen molar-refractivity contribution in [2.45, 2.75) is 20.8 Å². The van der Waals surface area contributed by atoms with Gasteiger partial charge in [-0.05, 0) is 91.6 Å². The second-order valence-corrected chi connectivity index (χ2v) is 6.16. The molecule has 0 spiro atoms. The van der Waals surface area contributed by atoms with Gasteiger partial charge >= 0.3 is 0 Å². The topological polar surface area (TPSA) is 33.6 Å². The molecular weight excluding hydrogens is 308 g/mol. The Morgan fingerprint density at radius 1 is 0.800 bits per heavy atom. The molecule has 0 bridgehead atoms. The highest BCUT2D eigenvalue weighted by Gasteiger charge is 1.98. The molecule has 0 aromatic heterocycles. The second-order valence-electron chi connectivity index (χ2n) is 6.16. The lowest BCUT2D eigenvalue weighted by Gasteiger charge is -2.06. The van der Waals surface area contributed by atoms with Crippen LogP contribution in [0, 0.1) is 20.8 Å². The Kier molecular flexibility index (Phi) is 5.14. The molecule has 126 valence electrons. The van der Waals surface area contributed by atoms with Crippen molar-refractivity contribution in [2.75, 3.05) is 5.43 Å². The number of benzene rings is 3. The van der Waals surface area contributed by atoms with Crippen LogP contribution in [-0.2, 0) is 0 Å². The van der Waals surface area contributed by atoms with E-state index in [1.165, 1.54) is 16.7 Å². The van der Waals surface area contributed by atoms with Gasteiger partial charge in [0, 0.05) is 0 Å². The Morgan fingerprint density at radius 2 is 1.60 bits per heavy atom. The first kappa shape index (κ1) is 16.8. The Morgan fingerprint density at radius 3 is 2.32 bits per heavy atom. The van der Waals surface area contributed by atoms with Gasteiger partial charge in [0.15, 0.2) is 0 Å². The number of aryl methyl sites for hydroxylation is 3. The van der Waals surface area contributed by atoms with Crippen LogP contribution in [0.5, 0.6) is 11.5 Å². The van der Waals surface area contributed by atoms with E-state index in [4.69, 9.17) is 4.74 Å². The molecule has 25 heavy (non-hydrogen) atoms. The molecule has 1 N–H and O–H groups in total. The zero-order valence-electron chi connectivity index (χ0n) is 14.8. The van der Waals surface area contributed by atoms with Crippen molar-refractivity contribution in [3.8, 4) is 11.5 Å². The first-order valence-electron chi connectivity index (χ1n) is 8.31. The van der Waals surface area contributed by atoms with Gasteiger partial charge in [-0.3, -0.25) is 5.43 Å². The van der Waals surface area contributed by atoms with E-state index in [0.29, 0.717) is 0 Å². The fraction of sp³-hybridized carbons (Fsp3) is 0.136. The van der Waals surface area contributed by atoms with Gasteiger partial charge in [0.25, 0.3) is 0 Å². The van der Waals surface area contributed by atoms with Gasteiger partial charge in [-0.15, -0.1) is 0 Å². The molecule has 3 aromatic rings. The number of nitrogens with one attached hydrogen (secondary N) is 1. The Labute approximate surface area is 149 Å².